The lowest BCUT2D eigenvalue weighted by Crippen LogP contribution is -2.25. The van der Waals surface area contributed by atoms with E-state index in [4.69, 9.17) is 21.3 Å². The van der Waals surface area contributed by atoms with Crippen LogP contribution in [0.4, 0.5) is 0 Å². The zero-order chi connectivity index (χ0) is 24.9. The molecule has 0 bridgehead atoms. The van der Waals surface area contributed by atoms with Gasteiger partial charge >= 0.3 is 0 Å². The second-order valence-electron chi connectivity index (χ2n) is 9.65. The maximum absolute atomic E-state index is 10.4. The molecule has 1 atom stereocenters. The van der Waals surface area contributed by atoms with Gasteiger partial charge in [-0.2, -0.15) is 5.10 Å². The van der Waals surface area contributed by atoms with E-state index >= 15 is 0 Å². The van der Waals surface area contributed by atoms with Crippen LogP contribution < -0.4 is 0 Å². The fourth-order valence-electron chi connectivity index (χ4n) is 4.41. The quantitative estimate of drug-likeness (QED) is 0.286. The van der Waals surface area contributed by atoms with Crippen LogP contribution in [-0.2, 0) is 11.8 Å². The summed E-state index contributed by atoms with van der Waals surface area (Å²) in [6.45, 7) is 7.91. The highest BCUT2D eigenvalue weighted by atomic mass is 35.5. The molecule has 0 aliphatic carbocycles. The molecule has 8 heteroatoms. The highest BCUT2D eigenvalue weighted by Crippen LogP contribution is 2.44. The average Bonchev–Trinajstić information content (AvgIpc) is 3.40. The van der Waals surface area contributed by atoms with Crippen molar-refractivity contribution >= 4 is 44.2 Å². The minimum Gasteiger partial charge on any atom is -0.393 e. The number of pyridine rings is 1. The zero-order valence-electron chi connectivity index (χ0n) is 20.3. The number of nitrogens with zero attached hydrogens (tertiary/aromatic N) is 4. The SMILES string of the molecule is Cc1cc2nc(-c3cnc4cnn(C)c4c3)sc2c(-c2ccc(Cl)cc2)c1[C@@H](CO)OC(C)(C)C. The molecule has 5 rings (SSSR count). The lowest BCUT2D eigenvalue weighted by Gasteiger charge is -2.29. The second kappa shape index (κ2) is 8.99. The predicted octanol–water partition coefficient (Wildman–Crippen LogP) is 6.72. The topological polar surface area (TPSA) is 73.1 Å². The molecule has 5 aromatic rings. The fourth-order valence-corrected chi connectivity index (χ4v) is 5.64. The number of ether oxygens (including phenoxy) is 1. The van der Waals surface area contributed by atoms with Gasteiger partial charge in [-0.3, -0.25) is 9.67 Å². The lowest BCUT2D eigenvalue weighted by molar-refractivity contribution is -0.0821. The molecular weight excluding hydrogens is 480 g/mol. The first-order chi connectivity index (χ1) is 16.6. The van der Waals surface area contributed by atoms with E-state index in [0.717, 1.165) is 54.1 Å². The molecule has 0 unspecified atom stereocenters. The summed E-state index contributed by atoms with van der Waals surface area (Å²) in [4.78, 5) is 9.56. The number of aliphatic hydroxyl groups excluding tert-OH is 1. The van der Waals surface area contributed by atoms with Crippen molar-refractivity contribution < 1.29 is 9.84 Å². The summed E-state index contributed by atoms with van der Waals surface area (Å²) in [6, 6.07) is 11.9. The minimum absolute atomic E-state index is 0.128. The van der Waals surface area contributed by atoms with Gasteiger partial charge < -0.3 is 9.84 Å². The van der Waals surface area contributed by atoms with Crippen LogP contribution in [0.3, 0.4) is 0 Å². The predicted molar refractivity (Wildman–Crippen MR) is 143 cm³/mol. The van der Waals surface area contributed by atoms with Crippen molar-refractivity contribution in [2.24, 2.45) is 7.05 Å². The highest BCUT2D eigenvalue weighted by Gasteiger charge is 2.27. The maximum atomic E-state index is 10.4. The molecule has 0 amide bonds. The van der Waals surface area contributed by atoms with Crippen molar-refractivity contribution in [1.29, 1.82) is 0 Å². The molecule has 0 saturated heterocycles. The van der Waals surface area contributed by atoms with E-state index in [2.05, 4.69) is 22.2 Å². The number of fused-ring (bicyclic) bond motifs is 2. The summed E-state index contributed by atoms with van der Waals surface area (Å²) in [6.07, 6.45) is 3.12. The highest BCUT2D eigenvalue weighted by molar-refractivity contribution is 7.22. The molecule has 3 heterocycles. The summed E-state index contributed by atoms with van der Waals surface area (Å²) >= 11 is 7.82. The van der Waals surface area contributed by atoms with Crippen molar-refractivity contribution in [3.05, 3.63) is 64.9 Å². The molecule has 2 aromatic carbocycles. The molecule has 6 nitrogen and oxygen atoms in total. The van der Waals surface area contributed by atoms with Crippen LogP contribution in [-0.4, -0.2) is 37.1 Å². The smallest absolute Gasteiger partial charge is 0.126 e. The molecule has 0 saturated carbocycles. The molecule has 0 aliphatic rings. The third-order valence-electron chi connectivity index (χ3n) is 5.89. The Morgan fingerprint density at radius 2 is 1.83 bits per heavy atom. The first kappa shape index (κ1) is 23.9. The van der Waals surface area contributed by atoms with E-state index in [1.54, 1.807) is 17.5 Å². The van der Waals surface area contributed by atoms with Gasteiger partial charge in [0.2, 0.25) is 0 Å². The molecular formula is C27H27ClN4O2S. The number of benzene rings is 2. The van der Waals surface area contributed by atoms with Crippen LogP contribution in [0.2, 0.25) is 5.02 Å². The Hall–Kier alpha value is -2.84. The van der Waals surface area contributed by atoms with E-state index in [0.29, 0.717) is 5.02 Å². The van der Waals surface area contributed by atoms with Crippen molar-refractivity contribution in [2.45, 2.75) is 39.4 Å². The molecule has 0 radical (unpaired) electrons. The van der Waals surface area contributed by atoms with Crippen LogP contribution in [0.15, 0.2) is 48.8 Å². The Morgan fingerprint density at radius 3 is 2.51 bits per heavy atom. The van der Waals surface area contributed by atoms with E-state index in [-0.39, 0.29) is 6.61 Å². The summed E-state index contributed by atoms with van der Waals surface area (Å²) in [7, 11) is 1.91. The van der Waals surface area contributed by atoms with E-state index in [1.165, 1.54) is 0 Å². The fraction of sp³-hybridized carbons (Fsp3) is 0.296. The normalized spacial score (nSPS) is 13.1. The molecule has 0 aliphatic heterocycles. The van der Waals surface area contributed by atoms with E-state index in [1.807, 2.05) is 69.9 Å². The number of hydrogen-bond donors (Lipinski definition) is 1. The van der Waals surface area contributed by atoms with Gasteiger partial charge in [-0.25, -0.2) is 4.98 Å². The van der Waals surface area contributed by atoms with Gasteiger partial charge in [-0.15, -0.1) is 11.3 Å². The molecule has 0 spiro atoms. The number of aryl methyl sites for hydroxylation is 2. The van der Waals surface area contributed by atoms with Crippen LogP contribution >= 0.6 is 22.9 Å². The Bertz CT molecular complexity index is 1530. The Morgan fingerprint density at radius 1 is 1.09 bits per heavy atom. The first-order valence-electron chi connectivity index (χ1n) is 11.4. The third-order valence-corrected chi connectivity index (χ3v) is 7.28. The molecule has 1 N–H and O–H groups in total. The number of halogens is 1. The second-order valence-corrected chi connectivity index (χ2v) is 11.1. The summed E-state index contributed by atoms with van der Waals surface area (Å²) in [5, 5.41) is 16.2. The first-order valence-corrected chi connectivity index (χ1v) is 12.6. The van der Waals surface area contributed by atoms with Gasteiger partial charge in [0.05, 0.1) is 34.1 Å². The van der Waals surface area contributed by atoms with Crippen LogP contribution in [0.25, 0.3) is 42.9 Å². The molecule has 35 heavy (non-hydrogen) atoms. The lowest BCUT2D eigenvalue weighted by atomic mass is 9.91. The number of aliphatic hydroxyl groups is 1. The van der Waals surface area contributed by atoms with Gasteiger partial charge in [0.15, 0.2) is 0 Å². The number of rotatable bonds is 5. The summed E-state index contributed by atoms with van der Waals surface area (Å²) < 4.78 is 9.17. The van der Waals surface area contributed by atoms with E-state index in [9.17, 15) is 5.11 Å². The molecule has 3 aromatic heterocycles. The zero-order valence-corrected chi connectivity index (χ0v) is 21.9. The summed E-state index contributed by atoms with van der Waals surface area (Å²) in [5.41, 5.74) is 7.22. The maximum Gasteiger partial charge on any atom is 0.126 e. The summed E-state index contributed by atoms with van der Waals surface area (Å²) in [5.74, 6) is 0. The van der Waals surface area contributed by atoms with Gasteiger partial charge in [0, 0.05) is 29.4 Å². The van der Waals surface area contributed by atoms with Gasteiger partial charge in [-0.05, 0) is 68.7 Å². The molecule has 180 valence electrons. The Labute approximate surface area is 213 Å². The van der Waals surface area contributed by atoms with Crippen LogP contribution in [0, 0.1) is 6.92 Å². The number of aromatic nitrogens is 4. The standard InChI is InChI=1S/C27H27ClN4O2S/c1-15-10-19-25(35-26(31-19)17-11-21-20(29-12-17)13-30-32(21)5)24(16-6-8-18(28)9-7-16)23(15)22(14-33)34-27(2,3)4/h6-13,22,33H,14H2,1-5H3/t22-/m1/s1. The number of hydrogen-bond acceptors (Lipinski definition) is 6. The Kier molecular flexibility index (Phi) is 6.13. The average molecular weight is 507 g/mol. The molecule has 0 fully saturated rings. The van der Waals surface area contributed by atoms with Crippen molar-refractivity contribution in [2.75, 3.05) is 6.61 Å². The Balaban J connectivity index is 1.76. The third kappa shape index (κ3) is 4.57. The van der Waals surface area contributed by atoms with Gasteiger partial charge in [0.1, 0.15) is 16.6 Å². The van der Waals surface area contributed by atoms with E-state index < -0.39 is 11.7 Å². The van der Waals surface area contributed by atoms with Crippen molar-refractivity contribution in [3.63, 3.8) is 0 Å². The largest absolute Gasteiger partial charge is 0.393 e. The van der Waals surface area contributed by atoms with Gasteiger partial charge in [0.25, 0.3) is 0 Å². The van der Waals surface area contributed by atoms with Crippen molar-refractivity contribution in [3.8, 4) is 21.7 Å². The van der Waals surface area contributed by atoms with Crippen molar-refractivity contribution in [1.82, 2.24) is 19.7 Å². The minimum atomic E-state index is -0.483. The number of thiazole rings is 1. The monoisotopic (exact) mass is 506 g/mol. The van der Waals surface area contributed by atoms with Gasteiger partial charge in [-0.1, -0.05) is 23.7 Å². The van der Waals surface area contributed by atoms with Crippen LogP contribution in [0.5, 0.6) is 0 Å². The van der Waals surface area contributed by atoms with Crippen LogP contribution in [0.1, 0.15) is 38.0 Å².